The monoisotopic (exact) mass is 251 g/mol. The fourth-order valence-corrected chi connectivity index (χ4v) is 1.71. The van der Waals surface area contributed by atoms with E-state index in [1.165, 1.54) is 0 Å². The van der Waals surface area contributed by atoms with Crippen LogP contribution in [0.3, 0.4) is 0 Å². The standard InChI is InChI=1S/C14H21NO3/c1-4-12(8-16)15-14(17)9-18-13-6-10(2)5-11(3)7-13/h5-7,12,16H,4,8-9H2,1-3H3,(H,15,17)/t12-/m1/s1. The van der Waals surface area contributed by atoms with Gasteiger partial charge in [0.25, 0.3) is 5.91 Å². The summed E-state index contributed by atoms with van der Waals surface area (Å²) in [6.07, 6.45) is 0.700. The van der Waals surface area contributed by atoms with E-state index >= 15 is 0 Å². The number of carbonyl (C=O) groups is 1. The largest absolute Gasteiger partial charge is 0.484 e. The van der Waals surface area contributed by atoms with Gasteiger partial charge in [0.1, 0.15) is 5.75 Å². The zero-order valence-corrected chi connectivity index (χ0v) is 11.2. The molecule has 2 N–H and O–H groups in total. The van der Waals surface area contributed by atoms with Crippen LogP contribution in [0.5, 0.6) is 5.75 Å². The molecule has 18 heavy (non-hydrogen) atoms. The Labute approximate surface area is 108 Å². The fraction of sp³-hybridized carbons (Fsp3) is 0.500. The third-order valence-electron chi connectivity index (χ3n) is 2.64. The highest BCUT2D eigenvalue weighted by Gasteiger charge is 2.09. The molecule has 4 nitrogen and oxygen atoms in total. The van der Waals surface area contributed by atoms with Crippen LogP contribution < -0.4 is 10.1 Å². The molecule has 1 atom stereocenters. The van der Waals surface area contributed by atoms with E-state index in [-0.39, 0.29) is 25.2 Å². The van der Waals surface area contributed by atoms with E-state index in [4.69, 9.17) is 9.84 Å². The molecule has 1 amide bonds. The highest BCUT2D eigenvalue weighted by atomic mass is 16.5. The first kappa shape index (κ1) is 14.5. The predicted octanol–water partition coefficient (Wildman–Crippen LogP) is 1.57. The van der Waals surface area contributed by atoms with Gasteiger partial charge < -0.3 is 15.2 Å². The van der Waals surface area contributed by atoms with Crippen LogP contribution in [0.15, 0.2) is 18.2 Å². The summed E-state index contributed by atoms with van der Waals surface area (Å²) in [7, 11) is 0. The number of hydrogen-bond acceptors (Lipinski definition) is 3. The zero-order chi connectivity index (χ0) is 13.5. The summed E-state index contributed by atoms with van der Waals surface area (Å²) in [4.78, 5) is 11.6. The molecule has 0 spiro atoms. The normalized spacial score (nSPS) is 12.0. The predicted molar refractivity (Wildman–Crippen MR) is 70.7 cm³/mol. The molecule has 0 heterocycles. The molecule has 1 aromatic carbocycles. The molecule has 0 aliphatic rings. The Morgan fingerprint density at radius 1 is 1.33 bits per heavy atom. The number of hydrogen-bond donors (Lipinski definition) is 2. The summed E-state index contributed by atoms with van der Waals surface area (Å²) in [5.41, 5.74) is 2.21. The Bertz CT molecular complexity index is 380. The minimum absolute atomic E-state index is 0.0284. The number of aliphatic hydroxyl groups is 1. The third-order valence-corrected chi connectivity index (χ3v) is 2.64. The number of aryl methyl sites for hydroxylation is 2. The Balaban J connectivity index is 2.47. The summed E-state index contributed by atoms with van der Waals surface area (Å²) < 4.78 is 5.43. The van der Waals surface area contributed by atoms with E-state index in [1.54, 1.807) is 0 Å². The van der Waals surface area contributed by atoms with Crippen LogP contribution in [0.4, 0.5) is 0 Å². The maximum absolute atomic E-state index is 11.6. The van der Waals surface area contributed by atoms with Crippen molar-refractivity contribution in [3.63, 3.8) is 0 Å². The van der Waals surface area contributed by atoms with Crippen LogP contribution in [0.1, 0.15) is 24.5 Å². The van der Waals surface area contributed by atoms with Gasteiger partial charge in [-0.05, 0) is 43.5 Å². The first-order valence-electron chi connectivity index (χ1n) is 6.16. The Morgan fingerprint density at radius 3 is 2.44 bits per heavy atom. The molecule has 0 bridgehead atoms. The van der Waals surface area contributed by atoms with Crippen molar-refractivity contribution >= 4 is 5.91 Å². The van der Waals surface area contributed by atoms with Crippen LogP contribution in [0.25, 0.3) is 0 Å². The molecule has 0 radical (unpaired) electrons. The van der Waals surface area contributed by atoms with E-state index in [2.05, 4.69) is 5.32 Å². The maximum Gasteiger partial charge on any atom is 0.258 e. The molecule has 0 aliphatic heterocycles. The number of nitrogens with one attached hydrogen (secondary N) is 1. The van der Waals surface area contributed by atoms with Gasteiger partial charge in [0, 0.05) is 0 Å². The fourth-order valence-electron chi connectivity index (χ4n) is 1.71. The van der Waals surface area contributed by atoms with Crippen molar-refractivity contribution in [2.75, 3.05) is 13.2 Å². The van der Waals surface area contributed by atoms with E-state index in [0.29, 0.717) is 12.2 Å². The highest BCUT2D eigenvalue weighted by Crippen LogP contribution is 2.15. The summed E-state index contributed by atoms with van der Waals surface area (Å²) >= 11 is 0. The van der Waals surface area contributed by atoms with Gasteiger partial charge in [-0.25, -0.2) is 0 Å². The quantitative estimate of drug-likeness (QED) is 0.807. The van der Waals surface area contributed by atoms with Gasteiger partial charge in [0.15, 0.2) is 6.61 Å². The van der Waals surface area contributed by atoms with E-state index in [0.717, 1.165) is 11.1 Å². The molecule has 1 rings (SSSR count). The first-order valence-corrected chi connectivity index (χ1v) is 6.16. The van der Waals surface area contributed by atoms with Gasteiger partial charge in [-0.2, -0.15) is 0 Å². The molecule has 0 saturated carbocycles. The second kappa shape index (κ2) is 7.01. The van der Waals surface area contributed by atoms with E-state index in [9.17, 15) is 4.79 Å². The first-order chi connectivity index (χ1) is 8.55. The van der Waals surface area contributed by atoms with Gasteiger partial charge in [-0.3, -0.25) is 4.79 Å². The van der Waals surface area contributed by atoms with Crippen LogP contribution in [-0.2, 0) is 4.79 Å². The SMILES string of the molecule is CC[C@H](CO)NC(=O)COc1cc(C)cc(C)c1. The molecule has 4 heteroatoms. The van der Waals surface area contributed by atoms with E-state index in [1.807, 2.05) is 39.0 Å². The highest BCUT2D eigenvalue weighted by molar-refractivity contribution is 5.77. The number of rotatable bonds is 6. The Morgan fingerprint density at radius 2 is 1.94 bits per heavy atom. The molecular weight excluding hydrogens is 230 g/mol. The number of carbonyl (C=O) groups excluding carboxylic acids is 1. The zero-order valence-electron chi connectivity index (χ0n) is 11.2. The lowest BCUT2D eigenvalue weighted by Gasteiger charge is -2.14. The lowest BCUT2D eigenvalue weighted by atomic mass is 10.1. The second-order valence-corrected chi connectivity index (χ2v) is 4.47. The lowest BCUT2D eigenvalue weighted by molar-refractivity contribution is -0.124. The molecule has 1 aromatic rings. The van der Waals surface area contributed by atoms with Gasteiger partial charge in [0.2, 0.25) is 0 Å². The van der Waals surface area contributed by atoms with E-state index < -0.39 is 0 Å². The average molecular weight is 251 g/mol. The number of aliphatic hydroxyl groups excluding tert-OH is 1. The van der Waals surface area contributed by atoms with Crippen molar-refractivity contribution in [3.8, 4) is 5.75 Å². The van der Waals surface area contributed by atoms with Crippen LogP contribution in [-0.4, -0.2) is 30.3 Å². The van der Waals surface area contributed by atoms with Crippen molar-refractivity contribution in [1.82, 2.24) is 5.32 Å². The second-order valence-electron chi connectivity index (χ2n) is 4.47. The van der Waals surface area contributed by atoms with Crippen molar-refractivity contribution in [1.29, 1.82) is 0 Å². The van der Waals surface area contributed by atoms with Crippen molar-refractivity contribution in [3.05, 3.63) is 29.3 Å². The average Bonchev–Trinajstić information content (AvgIpc) is 2.32. The van der Waals surface area contributed by atoms with Gasteiger partial charge in [0.05, 0.1) is 12.6 Å². The van der Waals surface area contributed by atoms with Gasteiger partial charge >= 0.3 is 0 Å². The van der Waals surface area contributed by atoms with Gasteiger partial charge in [-0.15, -0.1) is 0 Å². The lowest BCUT2D eigenvalue weighted by Crippen LogP contribution is -2.39. The number of ether oxygens (including phenoxy) is 1. The molecule has 0 unspecified atom stereocenters. The molecule has 0 fully saturated rings. The molecule has 0 aromatic heterocycles. The summed E-state index contributed by atoms with van der Waals surface area (Å²) in [6.45, 7) is 5.80. The van der Waals surface area contributed by atoms with Gasteiger partial charge in [-0.1, -0.05) is 13.0 Å². The number of benzene rings is 1. The summed E-state index contributed by atoms with van der Waals surface area (Å²) in [5, 5.41) is 11.7. The molecule has 0 aliphatic carbocycles. The van der Waals surface area contributed by atoms with Crippen LogP contribution >= 0.6 is 0 Å². The Hall–Kier alpha value is -1.55. The molecule has 0 saturated heterocycles. The third kappa shape index (κ3) is 4.75. The van der Waals surface area contributed by atoms with Crippen molar-refractivity contribution in [2.24, 2.45) is 0 Å². The summed E-state index contributed by atoms with van der Waals surface area (Å²) in [5.74, 6) is 0.481. The molecular formula is C14H21NO3. The van der Waals surface area contributed by atoms with Crippen molar-refractivity contribution in [2.45, 2.75) is 33.2 Å². The summed E-state index contributed by atoms with van der Waals surface area (Å²) in [6, 6.07) is 5.64. The number of amides is 1. The van der Waals surface area contributed by atoms with Crippen molar-refractivity contribution < 1.29 is 14.6 Å². The minimum Gasteiger partial charge on any atom is -0.484 e. The smallest absolute Gasteiger partial charge is 0.258 e. The minimum atomic E-state index is -0.213. The van der Waals surface area contributed by atoms with Crippen LogP contribution in [0, 0.1) is 13.8 Å². The van der Waals surface area contributed by atoms with Crippen LogP contribution in [0.2, 0.25) is 0 Å². The Kier molecular flexibility index (Phi) is 5.65. The maximum atomic E-state index is 11.6. The molecule has 100 valence electrons. The topological polar surface area (TPSA) is 58.6 Å².